The first-order chi connectivity index (χ1) is 8.66. The van der Waals surface area contributed by atoms with Crippen LogP contribution in [0.25, 0.3) is 0 Å². The molecule has 1 aromatic heterocycles. The van der Waals surface area contributed by atoms with Gasteiger partial charge >= 0.3 is 5.69 Å². The molecule has 0 radical (unpaired) electrons. The lowest BCUT2D eigenvalue weighted by Crippen LogP contribution is -2.35. The summed E-state index contributed by atoms with van der Waals surface area (Å²) in [6, 6.07) is 0. The van der Waals surface area contributed by atoms with Crippen LogP contribution in [-0.2, 0) is 0 Å². The third-order valence-corrected chi connectivity index (χ3v) is 3.17. The zero-order valence-electron chi connectivity index (χ0n) is 10.4. The van der Waals surface area contributed by atoms with Crippen molar-refractivity contribution in [3.8, 4) is 0 Å². The van der Waals surface area contributed by atoms with E-state index in [1.54, 1.807) is 0 Å². The molecule has 1 fully saturated rings. The highest BCUT2D eigenvalue weighted by molar-refractivity contribution is 5.32. The molecule has 0 aromatic carbocycles. The fraction of sp³-hybridized carbons (Fsp3) is 0.636. The van der Waals surface area contributed by atoms with Gasteiger partial charge in [-0.3, -0.25) is 10.1 Å². The minimum atomic E-state index is -0.489. The van der Waals surface area contributed by atoms with Gasteiger partial charge in [0.2, 0.25) is 5.95 Å². The van der Waals surface area contributed by atoms with Gasteiger partial charge in [0.05, 0.1) is 4.92 Å². The fourth-order valence-corrected chi connectivity index (χ4v) is 2.14. The van der Waals surface area contributed by atoms with Crippen LogP contribution in [0.2, 0.25) is 0 Å². The Morgan fingerprint density at radius 1 is 1.44 bits per heavy atom. The molecule has 98 valence electrons. The zero-order chi connectivity index (χ0) is 13.0. The lowest BCUT2D eigenvalue weighted by atomic mass is 9.98. The highest BCUT2D eigenvalue weighted by atomic mass is 16.6. The molecule has 0 aliphatic carbocycles. The van der Waals surface area contributed by atoms with Crippen LogP contribution < -0.4 is 10.2 Å². The molecule has 2 rings (SSSR count). The second kappa shape index (κ2) is 5.72. The van der Waals surface area contributed by atoms with E-state index < -0.39 is 4.92 Å². The molecule has 1 aliphatic heterocycles. The number of nitrogens with one attached hydrogen (secondary N) is 1. The Morgan fingerprint density at radius 2 is 2.06 bits per heavy atom. The standard InChI is InChI=1S/C11H17N5O2/c1-15(8-9-2-4-12-5-3-9)11-13-6-10(7-14-11)16(17)18/h6-7,9,12H,2-5,8H2,1H3. The van der Waals surface area contributed by atoms with E-state index >= 15 is 0 Å². The molecule has 0 atom stereocenters. The van der Waals surface area contributed by atoms with Crippen LogP contribution in [0, 0.1) is 16.0 Å². The number of rotatable bonds is 4. The first-order valence-electron chi connectivity index (χ1n) is 6.05. The molecule has 18 heavy (non-hydrogen) atoms. The van der Waals surface area contributed by atoms with Gasteiger partial charge in [-0.25, -0.2) is 9.97 Å². The first kappa shape index (κ1) is 12.7. The van der Waals surface area contributed by atoms with E-state index in [4.69, 9.17) is 0 Å². The third-order valence-electron chi connectivity index (χ3n) is 3.17. The van der Waals surface area contributed by atoms with Gasteiger partial charge in [0, 0.05) is 13.6 Å². The zero-order valence-corrected chi connectivity index (χ0v) is 10.4. The van der Waals surface area contributed by atoms with Crippen molar-refractivity contribution < 1.29 is 4.92 Å². The number of nitrogens with zero attached hydrogens (tertiary/aromatic N) is 4. The summed E-state index contributed by atoms with van der Waals surface area (Å²) in [6.07, 6.45) is 4.80. The summed E-state index contributed by atoms with van der Waals surface area (Å²) in [7, 11) is 1.92. The number of hydrogen-bond donors (Lipinski definition) is 1. The predicted octanol–water partition coefficient (Wildman–Crippen LogP) is 0.821. The summed E-state index contributed by atoms with van der Waals surface area (Å²) in [5.74, 6) is 1.18. The van der Waals surface area contributed by atoms with Crippen LogP contribution in [0.5, 0.6) is 0 Å². The van der Waals surface area contributed by atoms with Gasteiger partial charge in [-0.05, 0) is 31.8 Å². The van der Waals surface area contributed by atoms with E-state index in [-0.39, 0.29) is 5.69 Å². The minimum Gasteiger partial charge on any atom is -0.344 e. The molecule has 0 saturated carbocycles. The lowest BCUT2D eigenvalue weighted by Gasteiger charge is -2.27. The maximum absolute atomic E-state index is 10.5. The van der Waals surface area contributed by atoms with Crippen molar-refractivity contribution in [3.63, 3.8) is 0 Å². The van der Waals surface area contributed by atoms with Crippen molar-refractivity contribution in [2.24, 2.45) is 5.92 Å². The maximum Gasteiger partial charge on any atom is 0.305 e. The maximum atomic E-state index is 10.5. The molecule has 0 bridgehead atoms. The monoisotopic (exact) mass is 251 g/mol. The van der Waals surface area contributed by atoms with Crippen LogP contribution in [0.3, 0.4) is 0 Å². The molecule has 0 unspecified atom stereocenters. The molecule has 1 N–H and O–H groups in total. The Morgan fingerprint density at radius 3 is 2.61 bits per heavy atom. The van der Waals surface area contributed by atoms with Crippen molar-refractivity contribution in [1.29, 1.82) is 0 Å². The topological polar surface area (TPSA) is 84.2 Å². The Balaban J connectivity index is 1.95. The second-order valence-corrected chi connectivity index (χ2v) is 4.57. The van der Waals surface area contributed by atoms with Crippen molar-refractivity contribution in [1.82, 2.24) is 15.3 Å². The molecule has 0 spiro atoms. The smallest absolute Gasteiger partial charge is 0.305 e. The third kappa shape index (κ3) is 3.13. The first-order valence-corrected chi connectivity index (χ1v) is 6.05. The SMILES string of the molecule is CN(CC1CCNCC1)c1ncc([N+](=O)[O-])cn1. The van der Waals surface area contributed by atoms with Gasteiger partial charge in [-0.15, -0.1) is 0 Å². The number of nitro groups is 1. The van der Waals surface area contributed by atoms with Crippen LogP contribution in [0.15, 0.2) is 12.4 Å². The summed E-state index contributed by atoms with van der Waals surface area (Å²) < 4.78 is 0. The number of hydrogen-bond acceptors (Lipinski definition) is 6. The summed E-state index contributed by atoms with van der Waals surface area (Å²) in [4.78, 5) is 20.0. The molecule has 1 aliphatic rings. The van der Waals surface area contributed by atoms with Gasteiger partial charge in [-0.2, -0.15) is 0 Å². The van der Waals surface area contributed by atoms with E-state index in [1.807, 2.05) is 11.9 Å². The fourth-order valence-electron chi connectivity index (χ4n) is 2.14. The molecule has 1 saturated heterocycles. The van der Waals surface area contributed by atoms with Crippen LogP contribution in [0.4, 0.5) is 11.6 Å². The normalized spacial score (nSPS) is 16.5. The van der Waals surface area contributed by atoms with E-state index in [9.17, 15) is 10.1 Å². The highest BCUT2D eigenvalue weighted by Crippen LogP contribution is 2.16. The predicted molar refractivity (Wildman–Crippen MR) is 67.6 cm³/mol. The van der Waals surface area contributed by atoms with E-state index in [0.717, 1.165) is 32.5 Å². The minimum absolute atomic E-state index is 0.0750. The van der Waals surface area contributed by atoms with Crippen molar-refractivity contribution in [2.75, 3.05) is 31.6 Å². The van der Waals surface area contributed by atoms with E-state index in [1.165, 1.54) is 12.4 Å². The highest BCUT2D eigenvalue weighted by Gasteiger charge is 2.17. The van der Waals surface area contributed by atoms with Crippen molar-refractivity contribution in [3.05, 3.63) is 22.5 Å². The van der Waals surface area contributed by atoms with E-state index in [2.05, 4.69) is 15.3 Å². The summed E-state index contributed by atoms with van der Waals surface area (Å²) in [5.41, 5.74) is -0.0750. The summed E-state index contributed by atoms with van der Waals surface area (Å²) >= 11 is 0. The van der Waals surface area contributed by atoms with Crippen molar-refractivity contribution in [2.45, 2.75) is 12.8 Å². The number of aromatic nitrogens is 2. The largest absolute Gasteiger partial charge is 0.344 e. The van der Waals surface area contributed by atoms with Gasteiger partial charge < -0.3 is 10.2 Å². The lowest BCUT2D eigenvalue weighted by molar-refractivity contribution is -0.385. The number of anilines is 1. The number of piperidine rings is 1. The van der Waals surface area contributed by atoms with Gasteiger partial charge in [0.1, 0.15) is 12.4 Å². The average Bonchev–Trinajstić information content (AvgIpc) is 2.40. The van der Waals surface area contributed by atoms with Crippen LogP contribution >= 0.6 is 0 Å². The molecule has 7 heteroatoms. The van der Waals surface area contributed by atoms with Crippen LogP contribution in [-0.4, -0.2) is 41.6 Å². The molecule has 2 heterocycles. The van der Waals surface area contributed by atoms with Crippen LogP contribution in [0.1, 0.15) is 12.8 Å². The average molecular weight is 251 g/mol. The summed E-state index contributed by atoms with van der Waals surface area (Å²) in [6.45, 7) is 3.00. The Labute approximate surface area is 105 Å². The van der Waals surface area contributed by atoms with Gasteiger partial charge in [-0.1, -0.05) is 0 Å². The Hall–Kier alpha value is -1.76. The molecule has 7 nitrogen and oxygen atoms in total. The second-order valence-electron chi connectivity index (χ2n) is 4.57. The molecule has 1 aromatic rings. The van der Waals surface area contributed by atoms with Crippen molar-refractivity contribution >= 4 is 11.6 Å². The Kier molecular flexibility index (Phi) is 4.03. The van der Waals surface area contributed by atoms with Gasteiger partial charge in [0.15, 0.2) is 0 Å². The molecular weight excluding hydrogens is 234 g/mol. The molecular formula is C11H17N5O2. The summed E-state index contributed by atoms with van der Waals surface area (Å²) in [5, 5.41) is 13.8. The van der Waals surface area contributed by atoms with E-state index in [0.29, 0.717) is 11.9 Å². The quantitative estimate of drug-likeness (QED) is 0.630. The Bertz CT molecular complexity index is 402. The molecule has 0 amide bonds. The van der Waals surface area contributed by atoms with Gasteiger partial charge in [0.25, 0.3) is 0 Å².